The van der Waals surface area contributed by atoms with Crippen molar-refractivity contribution in [3.05, 3.63) is 30.1 Å². The van der Waals surface area contributed by atoms with E-state index >= 15 is 0 Å². The van der Waals surface area contributed by atoms with Crippen LogP contribution < -0.4 is 0 Å². The molecule has 92 valence electrons. The molecule has 0 saturated carbocycles. The number of hydrogen-bond acceptors (Lipinski definition) is 3. The molecule has 1 unspecified atom stereocenters. The summed E-state index contributed by atoms with van der Waals surface area (Å²) in [5.74, 6) is 0.106. The number of aromatic nitrogens is 1. The number of rotatable bonds is 3. The molecule has 0 aliphatic carbocycles. The molecule has 2 rings (SSSR count). The Morgan fingerprint density at radius 3 is 2.88 bits per heavy atom. The van der Waals surface area contributed by atoms with Crippen molar-refractivity contribution in [2.24, 2.45) is 0 Å². The van der Waals surface area contributed by atoms with Crippen LogP contribution in [0.25, 0.3) is 0 Å². The molecule has 17 heavy (non-hydrogen) atoms. The Labute approximate surface area is 101 Å². The van der Waals surface area contributed by atoms with E-state index in [4.69, 9.17) is 0 Å². The first-order valence-electron chi connectivity index (χ1n) is 6.10. The van der Waals surface area contributed by atoms with Crippen LogP contribution in [0.5, 0.6) is 0 Å². The lowest BCUT2D eigenvalue weighted by Gasteiger charge is -2.34. The highest BCUT2D eigenvalue weighted by Crippen LogP contribution is 2.17. The summed E-state index contributed by atoms with van der Waals surface area (Å²) in [7, 11) is 0. The summed E-state index contributed by atoms with van der Waals surface area (Å²) in [5.41, 5.74) is 0.979. The van der Waals surface area contributed by atoms with Gasteiger partial charge in [0.2, 0.25) is 5.91 Å². The van der Waals surface area contributed by atoms with Gasteiger partial charge in [0.05, 0.1) is 19.1 Å². The highest BCUT2D eigenvalue weighted by Gasteiger charge is 2.25. The number of piperidine rings is 1. The molecular formula is C13H18N2O2. The number of carbonyl (C=O) groups excluding carboxylic acids is 1. The Morgan fingerprint density at radius 2 is 2.18 bits per heavy atom. The number of pyridine rings is 1. The number of amides is 1. The molecular weight excluding hydrogens is 216 g/mol. The summed E-state index contributed by atoms with van der Waals surface area (Å²) >= 11 is 0. The second kappa shape index (κ2) is 5.77. The summed E-state index contributed by atoms with van der Waals surface area (Å²) in [5, 5.41) is 9.27. The van der Waals surface area contributed by atoms with Gasteiger partial charge in [-0.1, -0.05) is 0 Å². The van der Waals surface area contributed by atoms with Gasteiger partial charge in [0.1, 0.15) is 0 Å². The summed E-state index contributed by atoms with van der Waals surface area (Å²) in [4.78, 5) is 17.9. The van der Waals surface area contributed by atoms with Gasteiger partial charge in [0, 0.05) is 18.9 Å². The van der Waals surface area contributed by atoms with Gasteiger partial charge < -0.3 is 10.0 Å². The van der Waals surface area contributed by atoms with Crippen molar-refractivity contribution in [3.63, 3.8) is 0 Å². The lowest BCUT2D eigenvalue weighted by molar-refractivity contribution is -0.135. The molecule has 4 nitrogen and oxygen atoms in total. The van der Waals surface area contributed by atoms with Crippen molar-refractivity contribution < 1.29 is 9.90 Å². The lowest BCUT2D eigenvalue weighted by Crippen LogP contribution is -2.46. The van der Waals surface area contributed by atoms with Crippen molar-refractivity contribution in [1.82, 2.24) is 9.88 Å². The number of aliphatic hydroxyl groups is 1. The monoisotopic (exact) mass is 234 g/mol. The van der Waals surface area contributed by atoms with Crippen LogP contribution >= 0.6 is 0 Å². The van der Waals surface area contributed by atoms with Gasteiger partial charge in [0.15, 0.2) is 0 Å². The zero-order valence-corrected chi connectivity index (χ0v) is 9.88. The average Bonchev–Trinajstić information content (AvgIpc) is 2.40. The van der Waals surface area contributed by atoms with Crippen molar-refractivity contribution in [2.45, 2.75) is 31.7 Å². The van der Waals surface area contributed by atoms with E-state index in [2.05, 4.69) is 4.98 Å². The lowest BCUT2D eigenvalue weighted by atomic mass is 10.0. The fourth-order valence-electron chi connectivity index (χ4n) is 2.30. The Kier molecular flexibility index (Phi) is 4.09. The first-order chi connectivity index (χ1) is 8.31. The van der Waals surface area contributed by atoms with Crippen LogP contribution in [0, 0.1) is 0 Å². The minimum absolute atomic E-state index is 0.0121. The SMILES string of the molecule is O=C(Cc1ccncc1)N1CCCCC1CO. The highest BCUT2D eigenvalue weighted by molar-refractivity contribution is 5.79. The standard InChI is InChI=1S/C13H18N2O2/c16-10-12-3-1-2-8-15(12)13(17)9-11-4-6-14-7-5-11/h4-7,12,16H,1-3,8-10H2. The van der Waals surface area contributed by atoms with Crippen LogP contribution in [0.4, 0.5) is 0 Å². The van der Waals surface area contributed by atoms with Gasteiger partial charge in [-0.2, -0.15) is 0 Å². The van der Waals surface area contributed by atoms with Crippen molar-refractivity contribution in [3.8, 4) is 0 Å². The van der Waals surface area contributed by atoms with E-state index in [1.165, 1.54) is 0 Å². The quantitative estimate of drug-likeness (QED) is 0.848. The first-order valence-corrected chi connectivity index (χ1v) is 6.10. The first kappa shape index (κ1) is 12.0. The maximum absolute atomic E-state index is 12.1. The molecule has 2 heterocycles. The fourth-order valence-corrected chi connectivity index (χ4v) is 2.30. The third-order valence-electron chi connectivity index (χ3n) is 3.26. The van der Waals surface area contributed by atoms with Gasteiger partial charge >= 0.3 is 0 Å². The van der Waals surface area contributed by atoms with E-state index in [9.17, 15) is 9.90 Å². The fraction of sp³-hybridized carbons (Fsp3) is 0.538. The van der Waals surface area contributed by atoms with Crippen LogP contribution in [0.1, 0.15) is 24.8 Å². The molecule has 1 fully saturated rings. The van der Waals surface area contributed by atoms with Gasteiger partial charge in [-0.3, -0.25) is 9.78 Å². The molecule has 1 aromatic heterocycles. The summed E-state index contributed by atoms with van der Waals surface area (Å²) < 4.78 is 0. The van der Waals surface area contributed by atoms with Crippen molar-refractivity contribution in [2.75, 3.05) is 13.2 Å². The third-order valence-corrected chi connectivity index (χ3v) is 3.26. The molecule has 1 aromatic rings. The number of hydrogen-bond donors (Lipinski definition) is 1. The topological polar surface area (TPSA) is 53.4 Å². The van der Waals surface area contributed by atoms with Gasteiger partial charge in [0.25, 0.3) is 0 Å². The molecule has 0 spiro atoms. The van der Waals surface area contributed by atoms with Crippen LogP contribution in [-0.2, 0) is 11.2 Å². The highest BCUT2D eigenvalue weighted by atomic mass is 16.3. The molecule has 1 N–H and O–H groups in total. The molecule has 1 aliphatic rings. The number of nitrogens with zero attached hydrogens (tertiary/aromatic N) is 2. The number of aliphatic hydroxyl groups excluding tert-OH is 1. The van der Waals surface area contributed by atoms with E-state index in [-0.39, 0.29) is 18.6 Å². The summed E-state index contributed by atoms with van der Waals surface area (Å²) in [6, 6.07) is 3.73. The van der Waals surface area contributed by atoms with Crippen molar-refractivity contribution >= 4 is 5.91 Å². The van der Waals surface area contributed by atoms with Gasteiger partial charge in [-0.15, -0.1) is 0 Å². The van der Waals surface area contributed by atoms with Gasteiger partial charge in [-0.05, 0) is 37.0 Å². The molecule has 0 radical (unpaired) electrons. The maximum Gasteiger partial charge on any atom is 0.227 e. The molecule has 0 aromatic carbocycles. The van der Waals surface area contributed by atoms with E-state index in [0.29, 0.717) is 6.42 Å². The van der Waals surface area contributed by atoms with E-state index in [1.54, 1.807) is 12.4 Å². The largest absolute Gasteiger partial charge is 0.394 e. The molecule has 1 saturated heterocycles. The Morgan fingerprint density at radius 1 is 1.41 bits per heavy atom. The molecule has 0 bridgehead atoms. The van der Waals surface area contributed by atoms with E-state index in [0.717, 1.165) is 31.4 Å². The second-order valence-electron chi connectivity index (χ2n) is 4.45. The van der Waals surface area contributed by atoms with Crippen molar-refractivity contribution in [1.29, 1.82) is 0 Å². The molecule has 1 amide bonds. The maximum atomic E-state index is 12.1. The predicted octanol–water partition coefficient (Wildman–Crippen LogP) is 0.998. The second-order valence-corrected chi connectivity index (χ2v) is 4.45. The summed E-state index contributed by atoms with van der Waals surface area (Å²) in [6.07, 6.45) is 6.85. The Balaban J connectivity index is 1.99. The molecule has 1 atom stereocenters. The van der Waals surface area contributed by atoms with Crippen LogP contribution in [0.2, 0.25) is 0 Å². The molecule has 4 heteroatoms. The van der Waals surface area contributed by atoms with Crippen LogP contribution in [0.3, 0.4) is 0 Å². The third kappa shape index (κ3) is 3.03. The Hall–Kier alpha value is -1.42. The normalized spacial score (nSPS) is 20.3. The predicted molar refractivity (Wildman–Crippen MR) is 64.4 cm³/mol. The summed E-state index contributed by atoms with van der Waals surface area (Å²) in [6.45, 7) is 0.844. The van der Waals surface area contributed by atoms with Crippen LogP contribution in [0.15, 0.2) is 24.5 Å². The smallest absolute Gasteiger partial charge is 0.227 e. The average molecular weight is 234 g/mol. The zero-order valence-electron chi connectivity index (χ0n) is 9.88. The zero-order chi connectivity index (χ0) is 12.1. The minimum Gasteiger partial charge on any atom is -0.394 e. The Bertz CT molecular complexity index is 367. The van der Waals surface area contributed by atoms with E-state index in [1.807, 2.05) is 17.0 Å². The van der Waals surface area contributed by atoms with Gasteiger partial charge in [-0.25, -0.2) is 0 Å². The number of carbonyl (C=O) groups is 1. The molecule has 1 aliphatic heterocycles. The minimum atomic E-state index is 0.0121. The number of likely N-dealkylation sites (tertiary alicyclic amines) is 1. The van der Waals surface area contributed by atoms with Crippen LogP contribution in [-0.4, -0.2) is 40.1 Å². The van der Waals surface area contributed by atoms with E-state index < -0.39 is 0 Å².